The number of nitrogens with one attached hydrogen (secondary N) is 1. The van der Waals surface area contributed by atoms with E-state index in [1.807, 2.05) is 30.0 Å². The van der Waals surface area contributed by atoms with Crippen LogP contribution < -0.4 is 10.1 Å². The summed E-state index contributed by atoms with van der Waals surface area (Å²) in [4.78, 5) is 4.98. The van der Waals surface area contributed by atoms with Crippen molar-refractivity contribution in [2.24, 2.45) is 10.9 Å². The number of nitrogens with zero attached hydrogens (tertiary/aromatic N) is 1. The van der Waals surface area contributed by atoms with Gasteiger partial charge in [0.2, 0.25) is 0 Å². The summed E-state index contributed by atoms with van der Waals surface area (Å²) in [5.74, 6) is 2.65. The first-order chi connectivity index (χ1) is 10.1. The van der Waals surface area contributed by atoms with E-state index < -0.39 is 0 Å². The lowest BCUT2D eigenvalue weighted by atomic mass is 9.79. The van der Waals surface area contributed by atoms with Gasteiger partial charge in [-0.2, -0.15) is 0 Å². The molecule has 0 aromatic heterocycles. The van der Waals surface area contributed by atoms with Crippen molar-refractivity contribution in [2.45, 2.75) is 38.1 Å². The Morgan fingerprint density at radius 3 is 2.81 bits per heavy atom. The van der Waals surface area contributed by atoms with Crippen LogP contribution in [-0.2, 0) is 0 Å². The molecule has 114 valence electrons. The van der Waals surface area contributed by atoms with Crippen LogP contribution in [-0.4, -0.2) is 23.6 Å². The number of hydrogen-bond acceptors (Lipinski definition) is 4. The molecule has 3 nitrogen and oxygen atoms in total. The van der Waals surface area contributed by atoms with E-state index >= 15 is 0 Å². The van der Waals surface area contributed by atoms with Crippen LogP contribution in [0.4, 0.5) is 5.69 Å². The zero-order valence-corrected chi connectivity index (χ0v) is 14.1. The van der Waals surface area contributed by atoms with Gasteiger partial charge in [-0.25, -0.2) is 0 Å². The van der Waals surface area contributed by atoms with Crippen molar-refractivity contribution in [3.8, 4) is 5.75 Å². The minimum atomic E-state index is 0.176. The van der Waals surface area contributed by atoms with E-state index in [0.29, 0.717) is 10.8 Å². The van der Waals surface area contributed by atoms with Crippen LogP contribution in [0.1, 0.15) is 32.6 Å². The lowest BCUT2D eigenvalue weighted by Crippen LogP contribution is -2.32. The second kappa shape index (κ2) is 6.09. The van der Waals surface area contributed by atoms with Gasteiger partial charge in [-0.1, -0.05) is 30.3 Å². The number of methoxy groups -OCH3 is 1. The molecule has 5 heteroatoms. The molecule has 1 aromatic carbocycles. The molecule has 3 rings (SSSR count). The van der Waals surface area contributed by atoms with Crippen LogP contribution in [0.25, 0.3) is 0 Å². The molecule has 1 saturated carbocycles. The first kappa shape index (κ1) is 15.0. The molecule has 1 spiro atoms. The SMILES string of the molecule is COc1ccc(NC2=NC3(CCC(C)CC3)CS2)cc1Cl. The maximum atomic E-state index is 6.16. The van der Waals surface area contributed by atoms with Gasteiger partial charge in [0.25, 0.3) is 0 Å². The minimum Gasteiger partial charge on any atom is -0.495 e. The Labute approximate surface area is 135 Å². The fourth-order valence-electron chi connectivity index (χ4n) is 2.97. The predicted molar refractivity (Wildman–Crippen MR) is 91.9 cm³/mol. The Balaban J connectivity index is 1.70. The van der Waals surface area contributed by atoms with Crippen molar-refractivity contribution < 1.29 is 4.74 Å². The third-order valence-corrected chi connectivity index (χ3v) is 5.87. The number of anilines is 1. The van der Waals surface area contributed by atoms with Gasteiger partial charge in [0.1, 0.15) is 5.75 Å². The summed E-state index contributed by atoms with van der Waals surface area (Å²) in [6.45, 7) is 2.34. The molecule has 1 aliphatic carbocycles. The second-order valence-electron chi connectivity index (χ2n) is 6.09. The predicted octanol–water partition coefficient (Wildman–Crippen LogP) is 4.81. The van der Waals surface area contributed by atoms with Crippen LogP contribution in [0, 0.1) is 5.92 Å². The standard InChI is InChI=1S/C16H21ClN2OS/c1-11-5-7-16(8-6-11)10-21-15(19-16)18-12-3-4-14(20-2)13(17)9-12/h3-4,9,11H,5-8,10H2,1-2H3,(H,18,19). The maximum Gasteiger partial charge on any atom is 0.161 e. The van der Waals surface area contributed by atoms with Crippen molar-refractivity contribution in [3.63, 3.8) is 0 Å². The van der Waals surface area contributed by atoms with E-state index in [1.54, 1.807) is 7.11 Å². The summed E-state index contributed by atoms with van der Waals surface area (Å²) in [7, 11) is 1.62. The van der Waals surface area contributed by atoms with E-state index in [2.05, 4.69) is 12.2 Å². The van der Waals surface area contributed by atoms with E-state index in [0.717, 1.165) is 22.5 Å². The molecule has 1 aliphatic heterocycles. The number of halogens is 1. The average Bonchev–Trinajstić information content (AvgIpc) is 2.86. The highest BCUT2D eigenvalue weighted by Gasteiger charge is 2.38. The Bertz CT molecular complexity index is 553. The highest BCUT2D eigenvalue weighted by molar-refractivity contribution is 8.14. The van der Waals surface area contributed by atoms with Crippen LogP contribution in [0.15, 0.2) is 23.2 Å². The van der Waals surface area contributed by atoms with Crippen molar-refractivity contribution in [1.82, 2.24) is 0 Å². The Hall–Kier alpha value is -0.870. The number of benzene rings is 1. The number of aliphatic imine (C=N–C) groups is 1. The lowest BCUT2D eigenvalue weighted by molar-refractivity contribution is 0.273. The molecule has 21 heavy (non-hydrogen) atoms. The third-order valence-electron chi connectivity index (χ3n) is 4.42. The summed E-state index contributed by atoms with van der Waals surface area (Å²) < 4.78 is 5.17. The van der Waals surface area contributed by atoms with Gasteiger partial charge < -0.3 is 10.1 Å². The zero-order valence-electron chi connectivity index (χ0n) is 12.5. The smallest absolute Gasteiger partial charge is 0.161 e. The summed E-state index contributed by atoms with van der Waals surface area (Å²) in [5, 5.41) is 5.03. The molecule has 1 N–H and O–H groups in total. The Morgan fingerprint density at radius 1 is 1.38 bits per heavy atom. The molecule has 2 aliphatic rings. The zero-order chi connectivity index (χ0) is 14.9. The molecule has 1 aromatic rings. The molecular formula is C16H21ClN2OS. The molecule has 0 amide bonds. The number of amidine groups is 1. The fourth-order valence-corrected chi connectivity index (χ4v) is 4.43. The Morgan fingerprint density at radius 2 is 2.14 bits per heavy atom. The van der Waals surface area contributed by atoms with Crippen LogP contribution >= 0.6 is 23.4 Å². The van der Waals surface area contributed by atoms with Crippen molar-refractivity contribution in [1.29, 1.82) is 0 Å². The first-order valence-electron chi connectivity index (χ1n) is 7.43. The van der Waals surface area contributed by atoms with E-state index in [4.69, 9.17) is 21.3 Å². The normalized spacial score (nSPS) is 28.5. The Kier molecular flexibility index (Phi) is 4.36. The van der Waals surface area contributed by atoms with Gasteiger partial charge in [0.15, 0.2) is 5.17 Å². The molecule has 0 radical (unpaired) electrons. The van der Waals surface area contributed by atoms with Gasteiger partial charge in [-0.15, -0.1) is 0 Å². The molecule has 1 heterocycles. The molecular weight excluding hydrogens is 304 g/mol. The largest absolute Gasteiger partial charge is 0.495 e. The van der Waals surface area contributed by atoms with Crippen LogP contribution in [0.2, 0.25) is 5.02 Å². The first-order valence-corrected chi connectivity index (χ1v) is 8.80. The van der Waals surface area contributed by atoms with Crippen molar-refractivity contribution in [2.75, 3.05) is 18.2 Å². The summed E-state index contributed by atoms with van der Waals surface area (Å²) >= 11 is 7.99. The van der Waals surface area contributed by atoms with E-state index in [9.17, 15) is 0 Å². The topological polar surface area (TPSA) is 33.6 Å². The summed E-state index contributed by atoms with van der Waals surface area (Å²) in [6, 6.07) is 5.74. The van der Waals surface area contributed by atoms with Crippen molar-refractivity contribution >= 4 is 34.2 Å². The number of thioether (sulfide) groups is 1. The maximum absolute atomic E-state index is 6.16. The lowest BCUT2D eigenvalue weighted by Gasteiger charge is -2.32. The number of hydrogen-bond donors (Lipinski definition) is 1. The highest BCUT2D eigenvalue weighted by Crippen LogP contribution is 2.41. The minimum absolute atomic E-state index is 0.176. The van der Waals surface area contributed by atoms with Crippen LogP contribution in [0.3, 0.4) is 0 Å². The third kappa shape index (κ3) is 3.32. The van der Waals surface area contributed by atoms with Gasteiger partial charge in [0.05, 0.1) is 17.7 Å². The van der Waals surface area contributed by atoms with Crippen LogP contribution in [0.5, 0.6) is 5.75 Å². The van der Waals surface area contributed by atoms with E-state index in [1.165, 1.54) is 25.7 Å². The van der Waals surface area contributed by atoms with Gasteiger partial charge in [-0.3, -0.25) is 4.99 Å². The summed E-state index contributed by atoms with van der Waals surface area (Å²) in [6.07, 6.45) is 5.03. The second-order valence-corrected chi connectivity index (χ2v) is 7.46. The molecule has 0 atom stereocenters. The van der Waals surface area contributed by atoms with E-state index in [-0.39, 0.29) is 5.54 Å². The van der Waals surface area contributed by atoms with Gasteiger partial charge in [-0.05, 0) is 49.8 Å². The number of ether oxygens (including phenoxy) is 1. The molecule has 0 bridgehead atoms. The van der Waals surface area contributed by atoms with Crippen molar-refractivity contribution in [3.05, 3.63) is 23.2 Å². The van der Waals surface area contributed by atoms with Gasteiger partial charge in [0, 0.05) is 11.4 Å². The molecule has 0 saturated heterocycles. The average molecular weight is 325 g/mol. The number of rotatable bonds is 2. The molecule has 1 fully saturated rings. The highest BCUT2D eigenvalue weighted by atomic mass is 35.5. The molecule has 0 unspecified atom stereocenters. The monoisotopic (exact) mass is 324 g/mol. The quantitative estimate of drug-likeness (QED) is 0.847. The van der Waals surface area contributed by atoms with Gasteiger partial charge >= 0.3 is 0 Å². The fraction of sp³-hybridized carbons (Fsp3) is 0.562. The summed E-state index contributed by atoms with van der Waals surface area (Å²) in [5.41, 5.74) is 1.14.